The van der Waals surface area contributed by atoms with Gasteiger partial charge in [-0.05, 0) is 26.2 Å². The summed E-state index contributed by atoms with van der Waals surface area (Å²) < 4.78 is 0. The van der Waals surface area contributed by atoms with Crippen molar-refractivity contribution in [2.24, 2.45) is 5.73 Å². The molecule has 0 heterocycles. The van der Waals surface area contributed by atoms with Crippen LogP contribution in [0, 0.1) is 0 Å². The van der Waals surface area contributed by atoms with Gasteiger partial charge < -0.3 is 10.6 Å². The normalized spacial score (nSPS) is 12.2. The van der Waals surface area contributed by atoms with Crippen LogP contribution in [0.25, 0.3) is 0 Å². The average Bonchev–Trinajstić information content (AvgIpc) is 2.14. The standard InChI is InChI=1S/C11H22N2O/c1-4-5-6-9-13(3)11(14)8-7-10(2)12/h4,10H,1,5-9,12H2,2-3H3. The highest BCUT2D eigenvalue weighted by atomic mass is 16.2. The Hall–Kier alpha value is -0.830. The van der Waals surface area contributed by atoms with Crippen LogP contribution in [0.15, 0.2) is 12.7 Å². The molecule has 0 radical (unpaired) electrons. The monoisotopic (exact) mass is 198 g/mol. The van der Waals surface area contributed by atoms with Gasteiger partial charge >= 0.3 is 0 Å². The van der Waals surface area contributed by atoms with E-state index in [-0.39, 0.29) is 11.9 Å². The van der Waals surface area contributed by atoms with Gasteiger partial charge in [-0.2, -0.15) is 0 Å². The lowest BCUT2D eigenvalue weighted by Gasteiger charge is -2.17. The molecule has 82 valence electrons. The largest absolute Gasteiger partial charge is 0.346 e. The van der Waals surface area contributed by atoms with Crippen molar-refractivity contribution >= 4 is 5.91 Å². The average molecular weight is 198 g/mol. The highest BCUT2D eigenvalue weighted by molar-refractivity contribution is 5.75. The molecule has 0 aliphatic carbocycles. The number of allylic oxidation sites excluding steroid dienone is 1. The molecule has 0 fully saturated rings. The first kappa shape index (κ1) is 13.2. The lowest BCUT2D eigenvalue weighted by atomic mass is 10.2. The number of hydrogen-bond donors (Lipinski definition) is 1. The highest BCUT2D eigenvalue weighted by Crippen LogP contribution is 2.00. The molecule has 0 aliphatic heterocycles. The first-order valence-corrected chi connectivity index (χ1v) is 5.18. The van der Waals surface area contributed by atoms with Crippen molar-refractivity contribution in [3.63, 3.8) is 0 Å². The first-order chi connectivity index (χ1) is 6.57. The Kier molecular flexibility index (Phi) is 7.11. The molecule has 14 heavy (non-hydrogen) atoms. The van der Waals surface area contributed by atoms with Crippen LogP contribution in [-0.2, 0) is 4.79 Å². The number of unbranched alkanes of at least 4 members (excludes halogenated alkanes) is 1. The molecular weight excluding hydrogens is 176 g/mol. The molecule has 0 aliphatic rings. The molecule has 0 aromatic carbocycles. The minimum Gasteiger partial charge on any atom is -0.346 e. The summed E-state index contributed by atoms with van der Waals surface area (Å²) in [4.78, 5) is 13.3. The van der Waals surface area contributed by atoms with Crippen LogP contribution in [0.1, 0.15) is 32.6 Å². The number of rotatable bonds is 7. The quantitative estimate of drug-likeness (QED) is 0.498. The van der Waals surface area contributed by atoms with Gasteiger partial charge in [0.2, 0.25) is 5.91 Å². The number of carbonyl (C=O) groups is 1. The Morgan fingerprint density at radius 2 is 2.29 bits per heavy atom. The molecule has 0 rings (SSSR count). The molecular formula is C11H22N2O. The summed E-state index contributed by atoms with van der Waals surface area (Å²) in [6, 6.07) is 0.112. The molecule has 0 saturated carbocycles. The Morgan fingerprint density at radius 3 is 2.79 bits per heavy atom. The van der Waals surface area contributed by atoms with Gasteiger partial charge in [-0.25, -0.2) is 0 Å². The topological polar surface area (TPSA) is 46.3 Å². The third-order valence-corrected chi connectivity index (χ3v) is 2.14. The van der Waals surface area contributed by atoms with Crippen LogP contribution in [0.2, 0.25) is 0 Å². The van der Waals surface area contributed by atoms with E-state index in [1.54, 1.807) is 4.90 Å². The second-order valence-electron chi connectivity index (χ2n) is 3.76. The maximum absolute atomic E-state index is 11.5. The van der Waals surface area contributed by atoms with E-state index in [0.717, 1.165) is 25.8 Å². The van der Waals surface area contributed by atoms with Gasteiger partial charge in [-0.3, -0.25) is 4.79 Å². The number of carbonyl (C=O) groups excluding carboxylic acids is 1. The zero-order valence-electron chi connectivity index (χ0n) is 9.33. The van der Waals surface area contributed by atoms with E-state index in [0.29, 0.717) is 6.42 Å². The molecule has 0 bridgehead atoms. The Bertz CT molecular complexity index is 178. The maximum Gasteiger partial charge on any atom is 0.222 e. The Morgan fingerprint density at radius 1 is 1.64 bits per heavy atom. The Balaban J connectivity index is 3.59. The van der Waals surface area contributed by atoms with Crippen LogP contribution in [0.3, 0.4) is 0 Å². The molecule has 1 atom stereocenters. The van der Waals surface area contributed by atoms with Gasteiger partial charge in [0.25, 0.3) is 0 Å². The van der Waals surface area contributed by atoms with Gasteiger partial charge in [-0.15, -0.1) is 6.58 Å². The van der Waals surface area contributed by atoms with Crippen molar-refractivity contribution in [1.29, 1.82) is 0 Å². The summed E-state index contributed by atoms with van der Waals surface area (Å²) in [5, 5.41) is 0. The lowest BCUT2D eigenvalue weighted by Crippen LogP contribution is -2.29. The summed E-state index contributed by atoms with van der Waals surface area (Å²) in [5.74, 6) is 0.186. The first-order valence-electron chi connectivity index (χ1n) is 5.18. The van der Waals surface area contributed by atoms with Gasteiger partial charge in [0.15, 0.2) is 0 Å². The van der Waals surface area contributed by atoms with Crippen LogP contribution >= 0.6 is 0 Å². The molecule has 3 nitrogen and oxygen atoms in total. The van der Waals surface area contributed by atoms with Gasteiger partial charge in [0.05, 0.1) is 0 Å². The van der Waals surface area contributed by atoms with Crippen molar-refractivity contribution < 1.29 is 4.79 Å². The van der Waals surface area contributed by atoms with E-state index in [1.807, 2.05) is 20.0 Å². The molecule has 3 heteroatoms. The lowest BCUT2D eigenvalue weighted by molar-refractivity contribution is -0.130. The zero-order valence-corrected chi connectivity index (χ0v) is 9.33. The summed E-state index contributed by atoms with van der Waals surface area (Å²) in [7, 11) is 1.84. The van der Waals surface area contributed by atoms with Gasteiger partial charge in [0, 0.05) is 26.1 Å². The number of nitrogens with zero attached hydrogens (tertiary/aromatic N) is 1. The fraction of sp³-hybridized carbons (Fsp3) is 0.727. The van der Waals surface area contributed by atoms with Crippen molar-refractivity contribution in [2.75, 3.05) is 13.6 Å². The molecule has 0 aromatic heterocycles. The van der Waals surface area contributed by atoms with E-state index in [4.69, 9.17) is 5.73 Å². The summed E-state index contributed by atoms with van der Waals surface area (Å²) in [5.41, 5.74) is 5.58. The maximum atomic E-state index is 11.5. The molecule has 0 spiro atoms. The molecule has 1 unspecified atom stereocenters. The Labute approximate surface area is 87.0 Å². The SMILES string of the molecule is C=CCCCN(C)C(=O)CCC(C)N. The van der Waals surface area contributed by atoms with E-state index in [2.05, 4.69) is 6.58 Å². The van der Waals surface area contributed by atoms with Crippen LogP contribution in [0.5, 0.6) is 0 Å². The van der Waals surface area contributed by atoms with Crippen molar-refractivity contribution in [3.8, 4) is 0 Å². The van der Waals surface area contributed by atoms with Crippen molar-refractivity contribution in [3.05, 3.63) is 12.7 Å². The van der Waals surface area contributed by atoms with Gasteiger partial charge in [0.1, 0.15) is 0 Å². The second kappa shape index (κ2) is 7.56. The van der Waals surface area contributed by atoms with E-state index >= 15 is 0 Å². The smallest absolute Gasteiger partial charge is 0.222 e. The minimum atomic E-state index is 0.112. The third kappa shape index (κ3) is 6.66. The highest BCUT2D eigenvalue weighted by Gasteiger charge is 2.08. The van der Waals surface area contributed by atoms with Crippen LogP contribution < -0.4 is 5.73 Å². The number of hydrogen-bond acceptors (Lipinski definition) is 2. The molecule has 1 amide bonds. The fourth-order valence-electron chi connectivity index (χ4n) is 1.14. The second-order valence-corrected chi connectivity index (χ2v) is 3.76. The predicted octanol–water partition coefficient (Wildman–Crippen LogP) is 1.54. The molecule has 2 N–H and O–H groups in total. The van der Waals surface area contributed by atoms with Crippen LogP contribution in [0.4, 0.5) is 0 Å². The van der Waals surface area contributed by atoms with Crippen molar-refractivity contribution in [1.82, 2.24) is 4.90 Å². The van der Waals surface area contributed by atoms with E-state index in [1.165, 1.54) is 0 Å². The van der Waals surface area contributed by atoms with E-state index < -0.39 is 0 Å². The summed E-state index contributed by atoms with van der Waals surface area (Å²) >= 11 is 0. The summed E-state index contributed by atoms with van der Waals surface area (Å²) in [6.45, 7) is 6.37. The van der Waals surface area contributed by atoms with Gasteiger partial charge in [-0.1, -0.05) is 6.08 Å². The van der Waals surface area contributed by atoms with Crippen molar-refractivity contribution in [2.45, 2.75) is 38.6 Å². The predicted molar refractivity (Wildman–Crippen MR) is 60.0 cm³/mol. The molecule has 0 aromatic rings. The van der Waals surface area contributed by atoms with E-state index in [9.17, 15) is 4.79 Å². The molecule has 0 saturated heterocycles. The fourth-order valence-corrected chi connectivity index (χ4v) is 1.14. The van der Waals surface area contributed by atoms with Crippen LogP contribution in [-0.4, -0.2) is 30.4 Å². The third-order valence-electron chi connectivity index (χ3n) is 2.14. The minimum absolute atomic E-state index is 0.112. The number of nitrogens with two attached hydrogens (primary N) is 1. The summed E-state index contributed by atoms with van der Waals surface area (Å²) in [6.07, 6.45) is 5.15. The number of amides is 1. The zero-order chi connectivity index (χ0) is 11.0.